The lowest BCUT2D eigenvalue weighted by atomic mass is 9.89. The van der Waals surface area contributed by atoms with Crippen LogP contribution in [0.2, 0.25) is 10.0 Å². The molecule has 1 aliphatic rings. The zero-order chi connectivity index (χ0) is 23.7. The highest BCUT2D eigenvalue weighted by molar-refractivity contribution is 6.36. The average molecular weight is 534 g/mol. The van der Waals surface area contributed by atoms with Gasteiger partial charge in [0.2, 0.25) is 0 Å². The van der Waals surface area contributed by atoms with Gasteiger partial charge >= 0.3 is 0 Å². The van der Waals surface area contributed by atoms with E-state index in [9.17, 15) is 9.50 Å². The maximum absolute atomic E-state index is 14.3. The summed E-state index contributed by atoms with van der Waals surface area (Å²) in [6, 6.07) is 20.8. The first kappa shape index (κ1) is 26.0. The molecule has 3 nitrogen and oxygen atoms in total. The van der Waals surface area contributed by atoms with Crippen molar-refractivity contribution in [2.24, 2.45) is 0 Å². The maximum Gasteiger partial charge on any atom is 0.123 e. The smallest absolute Gasteiger partial charge is 0.123 e. The van der Waals surface area contributed by atoms with Crippen molar-refractivity contribution >= 4 is 46.5 Å². The van der Waals surface area contributed by atoms with Crippen LogP contribution in [-0.2, 0) is 13.1 Å². The predicted octanol–water partition coefficient (Wildman–Crippen LogP) is 7.55. The molecule has 1 aromatic heterocycles. The highest BCUT2D eigenvalue weighted by atomic mass is 35.5. The molecule has 0 unspecified atom stereocenters. The summed E-state index contributed by atoms with van der Waals surface area (Å²) in [7, 11) is 0. The Morgan fingerprint density at radius 3 is 2.26 bits per heavy atom. The summed E-state index contributed by atoms with van der Waals surface area (Å²) < 4.78 is 16.5. The fourth-order valence-electron chi connectivity index (χ4n) is 5.32. The van der Waals surface area contributed by atoms with Crippen LogP contribution in [0, 0.1) is 5.82 Å². The van der Waals surface area contributed by atoms with E-state index in [0.29, 0.717) is 19.0 Å². The Kier molecular flexibility index (Phi) is 8.41. The van der Waals surface area contributed by atoms with Crippen molar-refractivity contribution in [2.45, 2.75) is 31.8 Å². The molecule has 35 heavy (non-hydrogen) atoms. The third-order valence-corrected chi connectivity index (χ3v) is 7.54. The van der Waals surface area contributed by atoms with Crippen molar-refractivity contribution in [1.29, 1.82) is 0 Å². The largest absolute Gasteiger partial charge is 0.395 e. The van der Waals surface area contributed by atoms with Crippen LogP contribution in [0.15, 0.2) is 66.7 Å². The van der Waals surface area contributed by atoms with Crippen LogP contribution in [-0.4, -0.2) is 34.3 Å². The molecule has 0 radical (unpaired) electrons. The van der Waals surface area contributed by atoms with Crippen molar-refractivity contribution in [1.82, 2.24) is 9.47 Å². The van der Waals surface area contributed by atoms with Crippen LogP contribution in [0.3, 0.4) is 0 Å². The third kappa shape index (κ3) is 5.23. The molecule has 184 valence electrons. The Morgan fingerprint density at radius 2 is 1.60 bits per heavy atom. The molecule has 7 heteroatoms. The molecule has 2 heterocycles. The lowest BCUT2D eigenvalue weighted by Gasteiger charge is -2.33. The molecule has 1 fully saturated rings. The van der Waals surface area contributed by atoms with Gasteiger partial charge in [-0.2, -0.15) is 0 Å². The van der Waals surface area contributed by atoms with Gasteiger partial charge in [0.05, 0.1) is 12.3 Å². The average Bonchev–Trinajstić information content (AvgIpc) is 3.13. The Bertz CT molecular complexity index is 1280. The molecular weight excluding hydrogens is 506 g/mol. The molecule has 1 aliphatic heterocycles. The lowest BCUT2D eigenvalue weighted by molar-refractivity contribution is 0.205. The summed E-state index contributed by atoms with van der Waals surface area (Å²) in [6.45, 7) is 3.00. The van der Waals surface area contributed by atoms with Gasteiger partial charge in [0.25, 0.3) is 0 Å². The summed E-state index contributed by atoms with van der Waals surface area (Å²) in [5, 5.41) is 12.2. The second kappa shape index (κ2) is 11.3. The van der Waals surface area contributed by atoms with Gasteiger partial charge in [-0.05, 0) is 78.9 Å². The second-order valence-electron chi connectivity index (χ2n) is 8.92. The number of fused-ring (bicyclic) bond motifs is 1. The Balaban J connectivity index is 0.00000289. The molecular formula is C28H28Cl3FN2O. The number of likely N-dealkylation sites (tertiary alicyclic amines) is 1. The van der Waals surface area contributed by atoms with Crippen LogP contribution in [0.1, 0.15) is 29.9 Å². The van der Waals surface area contributed by atoms with Gasteiger partial charge in [-0.3, -0.25) is 4.90 Å². The third-order valence-electron chi connectivity index (χ3n) is 6.88. The SMILES string of the molecule is Cl.OCCn1c(-c2ccccc2)c(CN2CCC(c3c(Cl)cccc3Cl)CC2)c2cc(F)ccc21. The Hall–Kier alpha value is -2.08. The Labute approximate surface area is 221 Å². The number of nitrogens with zero attached hydrogens (tertiary/aromatic N) is 2. The first-order valence-electron chi connectivity index (χ1n) is 11.7. The van der Waals surface area contributed by atoms with E-state index >= 15 is 0 Å². The van der Waals surface area contributed by atoms with E-state index in [0.717, 1.165) is 69.3 Å². The van der Waals surface area contributed by atoms with Crippen molar-refractivity contribution in [3.63, 3.8) is 0 Å². The molecule has 3 aromatic carbocycles. The molecule has 0 amide bonds. The topological polar surface area (TPSA) is 28.4 Å². The molecule has 0 spiro atoms. The first-order valence-corrected chi connectivity index (χ1v) is 12.5. The zero-order valence-corrected chi connectivity index (χ0v) is 21.6. The summed E-state index contributed by atoms with van der Waals surface area (Å²) in [5.41, 5.74) is 5.22. The number of aromatic nitrogens is 1. The number of benzene rings is 3. The lowest BCUT2D eigenvalue weighted by Crippen LogP contribution is -2.32. The minimum absolute atomic E-state index is 0. The molecule has 0 aliphatic carbocycles. The zero-order valence-electron chi connectivity index (χ0n) is 19.3. The number of hydrogen-bond acceptors (Lipinski definition) is 2. The molecule has 4 aromatic rings. The van der Waals surface area contributed by atoms with E-state index in [-0.39, 0.29) is 24.8 Å². The number of aliphatic hydroxyl groups excluding tert-OH is 1. The van der Waals surface area contributed by atoms with Gasteiger partial charge < -0.3 is 9.67 Å². The number of piperidine rings is 1. The number of aliphatic hydroxyl groups is 1. The number of halogens is 4. The molecule has 0 saturated carbocycles. The van der Waals surface area contributed by atoms with E-state index in [4.69, 9.17) is 23.2 Å². The van der Waals surface area contributed by atoms with Crippen LogP contribution in [0.4, 0.5) is 4.39 Å². The molecule has 5 rings (SSSR count). The van der Waals surface area contributed by atoms with E-state index in [1.54, 1.807) is 6.07 Å². The van der Waals surface area contributed by atoms with E-state index in [1.807, 2.05) is 42.5 Å². The summed E-state index contributed by atoms with van der Waals surface area (Å²) in [4.78, 5) is 2.43. The van der Waals surface area contributed by atoms with E-state index in [2.05, 4.69) is 21.6 Å². The van der Waals surface area contributed by atoms with Crippen molar-refractivity contribution in [3.8, 4) is 11.3 Å². The standard InChI is InChI=1S/C28H27Cl2FN2O.ClH/c29-24-7-4-8-25(30)27(24)19-11-13-32(14-12-19)18-23-22-17-21(31)9-10-26(22)33(15-16-34)28(23)20-5-2-1-3-6-20;/h1-10,17,19,34H,11-16,18H2;1H. The second-order valence-corrected chi connectivity index (χ2v) is 9.73. The normalized spacial score (nSPS) is 14.9. The Morgan fingerprint density at radius 1 is 0.914 bits per heavy atom. The minimum atomic E-state index is -0.249. The number of hydrogen-bond donors (Lipinski definition) is 1. The first-order chi connectivity index (χ1) is 16.6. The van der Waals surface area contributed by atoms with E-state index in [1.165, 1.54) is 6.07 Å². The van der Waals surface area contributed by atoms with Gasteiger partial charge in [0.1, 0.15) is 5.82 Å². The minimum Gasteiger partial charge on any atom is -0.395 e. The fraction of sp³-hybridized carbons (Fsp3) is 0.286. The molecule has 1 saturated heterocycles. The predicted molar refractivity (Wildman–Crippen MR) is 145 cm³/mol. The molecule has 0 atom stereocenters. The molecule has 1 N–H and O–H groups in total. The quantitative estimate of drug-likeness (QED) is 0.277. The highest BCUT2D eigenvalue weighted by Crippen LogP contribution is 2.39. The fourth-order valence-corrected chi connectivity index (χ4v) is 6.02. The van der Waals surface area contributed by atoms with Crippen molar-refractivity contribution < 1.29 is 9.50 Å². The van der Waals surface area contributed by atoms with E-state index < -0.39 is 0 Å². The summed E-state index contributed by atoms with van der Waals surface area (Å²) in [6.07, 6.45) is 1.93. The van der Waals surface area contributed by atoms with Gasteiger partial charge in [-0.1, -0.05) is 59.6 Å². The maximum atomic E-state index is 14.3. The molecule has 0 bridgehead atoms. The van der Waals surface area contributed by atoms with Crippen LogP contribution < -0.4 is 0 Å². The monoisotopic (exact) mass is 532 g/mol. The number of rotatable bonds is 6. The van der Waals surface area contributed by atoms with Crippen LogP contribution in [0.25, 0.3) is 22.2 Å². The van der Waals surface area contributed by atoms with Crippen LogP contribution >= 0.6 is 35.6 Å². The van der Waals surface area contributed by atoms with Gasteiger partial charge in [0.15, 0.2) is 0 Å². The van der Waals surface area contributed by atoms with Gasteiger partial charge in [0, 0.05) is 34.0 Å². The summed E-state index contributed by atoms with van der Waals surface area (Å²) >= 11 is 12.9. The highest BCUT2D eigenvalue weighted by Gasteiger charge is 2.26. The van der Waals surface area contributed by atoms with Crippen molar-refractivity contribution in [2.75, 3.05) is 19.7 Å². The van der Waals surface area contributed by atoms with Gasteiger partial charge in [-0.25, -0.2) is 4.39 Å². The van der Waals surface area contributed by atoms with Gasteiger partial charge in [-0.15, -0.1) is 12.4 Å². The van der Waals surface area contributed by atoms with Crippen LogP contribution in [0.5, 0.6) is 0 Å². The van der Waals surface area contributed by atoms with Crippen molar-refractivity contribution in [3.05, 3.63) is 93.7 Å². The summed E-state index contributed by atoms with van der Waals surface area (Å²) in [5.74, 6) is 0.0841.